The molecule has 1 aliphatic heterocycles. The number of allylic oxidation sites excluding steroid dienone is 2. The summed E-state index contributed by atoms with van der Waals surface area (Å²) < 4.78 is 2.08. The van der Waals surface area contributed by atoms with Crippen LogP contribution in [0, 0.1) is 5.92 Å². The molecule has 0 spiro atoms. The van der Waals surface area contributed by atoms with Crippen LogP contribution in [-0.4, -0.2) is 38.8 Å². The Morgan fingerprint density at radius 3 is 2.77 bits per heavy atom. The van der Waals surface area contributed by atoms with Crippen molar-refractivity contribution in [2.45, 2.75) is 37.6 Å². The van der Waals surface area contributed by atoms with E-state index in [1.807, 2.05) is 18.5 Å². The second-order valence-corrected chi connectivity index (χ2v) is 6.58. The molecule has 2 fully saturated rings. The van der Waals surface area contributed by atoms with Crippen molar-refractivity contribution in [3.05, 3.63) is 49.1 Å². The summed E-state index contributed by atoms with van der Waals surface area (Å²) in [5.41, 5.74) is 1.26. The number of nitrogens with zero attached hydrogens (tertiary/aromatic N) is 4. The maximum absolute atomic E-state index is 4.34. The number of piperidine rings is 1. The van der Waals surface area contributed by atoms with Gasteiger partial charge in [-0.15, -0.1) is 10.2 Å². The molecule has 1 aromatic rings. The number of aryl methyl sites for hydroxylation is 1. The highest BCUT2D eigenvalue weighted by molar-refractivity contribution is 5.23. The van der Waals surface area contributed by atoms with Crippen molar-refractivity contribution in [2.24, 2.45) is 13.0 Å². The molecule has 3 rings (SSSR count). The summed E-state index contributed by atoms with van der Waals surface area (Å²) in [7, 11) is 2.05. The quantitative estimate of drug-likeness (QED) is 0.757. The Labute approximate surface area is 133 Å². The fraction of sp³-hybridized carbons (Fsp3) is 0.556. The summed E-state index contributed by atoms with van der Waals surface area (Å²) in [6.07, 6.45) is 12.8. The second-order valence-electron chi connectivity index (χ2n) is 6.58. The molecular weight excluding hydrogens is 272 g/mol. The van der Waals surface area contributed by atoms with E-state index in [0.29, 0.717) is 12.0 Å². The minimum Gasteiger partial charge on any atom is -0.320 e. The van der Waals surface area contributed by atoms with Crippen LogP contribution in [0.3, 0.4) is 0 Å². The van der Waals surface area contributed by atoms with Crippen molar-refractivity contribution >= 4 is 0 Å². The molecule has 0 N–H and O–H groups in total. The molecule has 1 unspecified atom stereocenters. The Kier molecular flexibility index (Phi) is 4.57. The van der Waals surface area contributed by atoms with E-state index in [9.17, 15) is 0 Å². The molecule has 0 bridgehead atoms. The highest BCUT2D eigenvalue weighted by atomic mass is 15.3. The van der Waals surface area contributed by atoms with E-state index in [2.05, 4.69) is 45.9 Å². The minimum absolute atomic E-state index is 0.546. The fourth-order valence-corrected chi connectivity index (χ4v) is 3.68. The zero-order valence-electron chi connectivity index (χ0n) is 13.5. The fourth-order valence-electron chi connectivity index (χ4n) is 3.68. The maximum Gasteiger partial charge on any atom is 0.135 e. The van der Waals surface area contributed by atoms with E-state index in [1.165, 1.54) is 24.8 Å². The molecular formula is C18H26N4. The van der Waals surface area contributed by atoms with Crippen LogP contribution in [0.25, 0.3) is 0 Å². The first-order valence-corrected chi connectivity index (χ1v) is 8.25. The van der Waals surface area contributed by atoms with E-state index in [1.54, 1.807) is 0 Å². The zero-order valence-corrected chi connectivity index (χ0v) is 13.5. The van der Waals surface area contributed by atoms with E-state index in [-0.39, 0.29) is 0 Å². The SMILES string of the molecule is C=C/C=C(\C=C)CN1CC[C@@H](c2nncn2C)CC1C1CC1. The van der Waals surface area contributed by atoms with E-state index in [0.717, 1.165) is 31.3 Å². The molecule has 118 valence electrons. The monoisotopic (exact) mass is 298 g/mol. The molecule has 1 saturated heterocycles. The zero-order chi connectivity index (χ0) is 15.5. The highest BCUT2D eigenvalue weighted by Crippen LogP contribution is 2.43. The molecule has 1 saturated carbocycles. The second kappa shape index (κ2) is 6.61. The normalized spacial score (nSPS) is 26.9. The Bertz CT molecular complexity index is 567. The predicted octanol–water partition coefficient (Wildman–Crippen LogP) is 3.07. The standard InChI is InChI=1S/C18H26N4/c1-4-6-14(5-2)12-22-10-9-16(11-17(22)15-7-8-15)18-20-19-13-21(18)3/h4-6,13,15-17H,1-2,7-12H2,3H3/b14-6+/t16-,17?/m1/s1. The van der Waals surface area contributed by atoms with Gasteiger partial charge in [0.25, 0.3) is 0 Å². The average molecular weight is 298 g/mol. The molecule has 4 nitrogen and oxygen atoms in total. The van der Waals surface area contributed by atoms with Crippen molar-refractivity contribution in [2.75, 3.05) is 13.1 Å². The van der Waals surface area contributed by atoms with Gasteiger partial charge in [0, 0.05) is 25.6 Å². The molecule has 0 aromatic carbocycles. The van der Waals surface area contributed by atoms with Crippen molar-refractivity contribution in [3.8, 4) is 0 Å². The van der Waals surface area contributed by atoms with Crippen molar-refractivity contribution < 1.29 is 0 Å². The van der Waals surface area contributed by atoms with Crippen LogP contribution in [-0.2, 0) is 7.05 Å². The Balaban J connectivity index is 1.72. The van der Waals surface area contributed by atoms with Crippen molar-refractivity contribution in [1.82, 2.24) is 19.7 Å². The summed E-state index contributed by atoms with van der Waals surface area (Å²) in [4.78, 5) is 2.64. The first-order valence-electron chi connectivity index (χ1n) is 8.25. The lowest BCUT2D eigenvalue weighted by Gasteiger charge is -2.39. The van der Waals surface area contributed by atoms with Gasteiger partial charge < -0.3 is 4.57 Å². The summed E-state index contributed by atoms with van der Waals surface area (Å²) in [6.45, 7) is 9.85. The average Bonchev–Trinajstić information content (AvgIpc) is 3.29. The van der Waals surface area contributed by atoms with Gasteiger partial charge in [-0.2, -0.15) is 0 Å². The third-order valence-corrected chi connectivity index (χ3v) is 5.02. The number of hydrogen-bond acceptors (Lipinski definition) is 3. The third-order valence-electron chi connectivity index (χ3n) is 5.02. The smallest absolute Gasteiger partial charge is 0.135 e. The van der Waals surface area contributed by atoms with Crippen LogP contribution in [0.5, 0.6) is 0 Å². The number of likely N-dealkylation sites (tertiary alicyclic amines) is 1. The first kappa shape index (κ1) is 15.2. The summed E-state index contributed by atoms with van der Waals surface area (Å²) in [5.74, 6) is 2.56. The van der Waals surface area contributed by atoms with Gasteiger partial charge in [-0.25, -0.2) is 0 Å². The molecule has 1 aliphatic carbocycles. The topological polar surface area (TPSA) is 34.0 Å². The Morgan fingerprint density at radius 1 is 1.36 bits per heavy atom. The minimum atomic E-state index is 0.546. The number of aromatic nitrogens is 3. The highest BCUT2D eigenvalue weighted by Gasteiger charge is 2.40. The van der Waals surface area contributed by atoms with Gasteiger partial charge >= 0.3 is 0 Å². The van der Waals surface area contributed by atoms with Crippen LogP contribution < -0.4 is 0 Å². The summed E-state index contributed by atoms with van der Waals surface area (Å²) in [5, 5.41) is 8.39. The van der Waals surface area contributed by atoms with Gasteiger partial charge in [0.05, 0.1) is 0 Å². The molecule has 4 heteroatoms. The number of rotatable bonds is 6. The largest absolute Gasteiger partial charge is 0.320 e. The van der Waals surface area contributed by atoms with Crippen LogP contribution >= 0.6 is 0 Å². The van der Waals surface area contributed by atoms with Crippen molar-refractivity contribution in [1.29, 1.82) is 0 Å². The molecule has 1 aromatic heterocycles. The van der Waals surface area contributed by atoms with Gasteiger partial charge in [-0.05, 0) is 43.7 Å². The lowest BCUT2D eigenvalue weighted by atomic mass is 9.87. The molecule has 22 heavy (non-hydrogen) atoms. The van der Waals surface area contributed by atoms with Gasteiger partial charge in [-0.3, -0.25) is 4.90 Å². The van der Waals surface area contributed by atoms with Gasteiger partial charge in [0.1, 0.15) is 12.2 Å². The predicted molar refractivity (Wildman–Crippen MR) is 89.5 cm³/mol. The van der Waals surface area contributed by atoms with Gasteiger partial charge in [0.15, 0.2) is 0 Å². The van der Waals surface area contributed by atoms with Gasteiger partial charge in [0.2, 0.25) is 0 Å². The molecule has 0 amide bonds. The Morgan fingerprint density at radius 2 is 2.18 bits per heavy atom. The molecule has 2 atom stereocenters. The Hall–Kier alpha value is -1.68. The van der Waals surface area contributed by atoms with Crippen LogP contribution in [0.4, 0.5) is 0 Å². The van der Waals surface area contributed by atoms with Crippen LogP contribution in [0.1, 0.15) is 37.4 Å². The van der Waals surface area contributed by atoms with Gasteiger partial charge in [-0.1, -0.05) is 31.4 Å². The van der Waals surface area contributed by atoms with Crippen molar-refractivity contribution in [3.63, 3.8) is 0 Å². The number of hydrogen-bond donors (Lipinski definition) is 0. The van der Waals surface area contributed by atoms with E-state index >= 15 is 0 Å². The third kappa shape index (κ3) is 3.22. The molecule has 2 heterocycles. The molecule has 0 radical (unpaired) electrons. The first-order chi connectivity index (χ1) is 10.7. The van der Waals surface area contributed by atoms with Crippen LogP contribution in [0.15, 0.2) is 43.3 Å². The lowest BCUT2D eigenvalue weighted by Crippen LogP contribution is -2.44. The maximum atomic E-state index is 4.34. The van der Waals surface area contributed by atoms with E-state index in [4.69, 9.17) is 0 Å². The summed E-state index contributed by atoms with van der Waals surface area (Å²) >= 11 is 0. The van der Waals surface area contributed by atoms with Crippen LogP contribution in [0.2, 0.25) is 0 Å². The van der Waals surface area contributed by atoms with E-state index < -0.39 is 0 Å². The summed E-state index contributed by atoms with van der Waals surface area (Å²) in [6, 6.07) is 0.670. The lowest BCUT2D eigenvalue weighted by molar-refractivity contribution is 0.127. The molecule has 2 aliphatic rings.